The fourth-order valence-corrected chi connectivity index (χ4v) is 1.79. The SMILES string of the molecule is Nc1nc(NCCC(=O)NCc2ccccc2)ncc1[N+](=O)[O-]. The molecule has 0 aliphatic heterocycles. The third kappa shape index (κ3) is 4.92. The molecule has 1 aromatic heterocycles. The molecule has 0 unspecified atom stereocenters. The van der Waals surface area contributed by atoms with Crippen molar-refractivity contribution in [3.8, 4) is 0 Å². The predicted molar refractivity (Wildman–Crippen MR) is 84.5 cm³/mol. The molecule has 9 heteroatoms. The third-order valence-electron chi connectivity index (χ3n) is 2.96. The highest BCUT2D eigenvalue weighted by molar-refractivity contribution is 5.76. The lowest BCUT2D eigenvalue weighted by molar-refractivity contribution is -0.384. The predicted octanol–water partition coefficient (Wildman–Crippen LogP) is 1.09. The van der Waals surface area contributed by atoms with Crippen molar-refractivity contribution in [2.45, 2.75) is 13.0 Å². The van der Waals surface area contributed by atoms with E-state index in [1.807, 2.05) is 30.3 Å². The maximum Gasteiger partial charge on any atom is 0.329 e. The second kappa shape index (κ2) is 7.69. The average Bonchev–Trinajstić information content (AvgIpc) is 2.53. The van der Waals surface area contributed by atoms with Crippen molar-refractivity contribution in [1.82, 2.24) is 15.3 Å². The highest BCUT2D eigenvalue weighted by Crippen LogP contribution is 2.17. The normalized spacial score (nSPS) is 10.1. The van der Waals surface area contributed by atoms with E-state index in [0.29, 0.717) is 6.54 Å². The first-order chi connectivity index (χ1) is 11.1. The van der Waals surface area contributed by atoms with Gasteiger partial charge in [-0.15, -0.1) is 0 Å². The molecule has 1 amide bonds. The van der Waals surface area contributed by atoms with E-state index in [4.69, 9.17) is 5.73 Å². The maximum absolute atomic E-state index is 11.7. The van der Waals surface area contributed by atoms with Gasteiger partial charge in [0, 0.05) is 19.5 Å². The second-order valence-electron chi connectivity index (χ2n) is 4.66. The molecule has 0 saturated carbocycles. The van der Waals surface area contributed by atoms with Gasteiger partial charge in [-0.1, -0.05) is 30.3 Å². The van der Waals surface area contributed by atoms with Crippen LogP contribution in [0.5, 0.6) is 0 Å². The number of amides is 1. The number of anilines is 2. The summed E-state index contributed by atoms with van der Waals surface area (Å²) in [5.74, 6) is -0.207. The zero-order valence-electron chi connectivity index (χ0n) is 12.2. The molecule has 0 atom stereocenters. The number of nitrogens with two attached hydrogens (primary N) is 1. The Morgan fingerprint density at radius 3 is 2.70 bits per heavy atom. The van der Waals surface area contributed by atoms with Crippen LogP contribution in [0, 0.1) is 10.1 Å². The summed E-state index contributed by atoms with van der Waals surface area (Å²) in [7, 11) is 0. The Morgan fingerprint density at radius 2 is 2.04 bits per heavy atom. The zero-order valence-corrected chi connectivity index (χ0v) is 12.2. The minimum Gasteiger partial charge on any atom is -0.378 e. The van der Waals surface area contributed by atoms with Gasteiger partial charge in [-0.3, -0.25) is 14.9 Å². The fourth-order valence-electron chi connectivity index (χ4n) is 1.79. The standard InChI is InChI=1S/C14H16N6O3/c15-13-11(20(22)23)9-18-14(19-13)16-7-6-12(21)17-8-10-4-2-1-3-5-10/h1-5,9H,6-8H2,(H,17,21)(H3,15,16,18,19). The molecule has 1 aromatic carbocycles. The molecule has 23 heavy (non-hydrogen) atoms. The maximum atomic E-state index is 11.7. The van der Waals surface area contributed by atoms with Crippen LogP contribution in [0.15, 0.2) is 36.5 Å². The summed E-state index contributed by atoms with van der Waals surface area (Å²) in [6, 6.07) is 9.56. The van der Waals surface area contributed by atoms with E-state index in [1.54, 1.807) is 0 Å². The lowest BCUT2D eigenvalue weighted by Gasteiger charge is -2.07. The Balaban J connectivity index is 1.75. The summed E-state index contributed by atoms with van der Waals surface area (Å²) in [6.07, 6.45) is 1.24. The molecule has 4 N–H and O–H groups in total. The van der Waals surface area contributed by atoms with Crippen molar-refractivity contribution in [3.05, 3.63) is 52.2 Å². The molecule has 0 spiro atoms. The molecule has 9 nitrogen and oxygen atoms in total. The average molecular weight is 316 g/mol. The molecular formula is C14H16N6O3. The Kier molecular flexibility index (Phi) is 5.40. The van der Waals surface area contributed by atoms with Gasteiger partial charge < -0.3 is 16.4 Å². The van der Waals surface area contributed by atoms with E-state index in [-0.39, 0.29) is 36.3 Å². The molecule has 0 aliphatic carbocycles. The van der Waals surface area contributed by atoms with Crippen molar-refractivity contribution < 1.29 is 9.72 Å². The minimum absolute atomic E-state index is 0.128. The van der Waals surface area contributed by atoms with Crippen LogP contribution in [0.2, 0.25) is 0 Å². The van der Waals surface area contributed by atoms with Gasteiger partial charge >= 0.3 is 5.69 Å². The van der Waals surface area contributed by atoms with E-state index in [1.165, 1.54) is 0 Å². The highest BCUT2D eigenvalue weighted by atomic mass is 16.6. The molecule has 0 fully saturated rings. The summed E-state index contributed by atoms with van der Waals surface area (Å²) in [6.45, 7) is 0.749. The van der Waals surface area contributed by atoms with Crippen LogP contribution in [-0.4, -0.2) is 27.3 Å². The molecule has 1 heterocycles. The number of nitrogen functional groups attached to an aromatic ring is 1. The summed E-state index contributed by atoms with van der Waals surface area (Å²) in [4.78, 5) is 29.2. The number of rotatable bonds is 7. The van der Waals surface area contributed by atoms with E-state index in [9.17, 15) is 14.9 Å². The van der Waals surface area contributed by atoms with Crippen LogP contribution in [-0.2, 0) is 11.3 Å². The van der Waals surface area contributed by atoms with Gasteiger partial charge in [0.25, 0.3) is 0 Å². The van der Waals surface area contributed by atoms with E-state index in [2.05, 4.69) is 20.6 Å². The van der Waals surface area contributed by atoms with Crippen molar-refractivity contribution in [3.63, 3.8) is 0 Å². The molecule has 0 radical (unpaired) electrons. The first-order valence-electron chi connectivity index (χ1n) is 6.87. The Bertz CT molecular complexity index is 692. The van der Waals surface area contributed by atoms with E-state index < -0.39 is 4.92 Å². The Labute approximate surface area is 132 Å². The lowest BCUT2D eigenvalue weighted by atomic mass is 10.2. The van der Waals surface area contributed by atoms with Crippen LogP contribution in [0.3, 0.4) is 0 Å². The van der Waals surface area contributed by atoms with Gasteiger partial charge in [0.15, 0.2) is 0 Å². The molecule has 0 saturated heterocycles. The van der Waals surface area contributed by atoms with Gasteiger partial charge in [0.1, 0.15) is 6.20 Å². The number of nitrogens with one attached hydrogen (secondary N) is 2. The van der Waals surface area contributed by atoms with Crippen LogP contribution < -0.4 is 16.4 Å². The van der Waals surface area contributed by atoms with Crippen molar-refractivity contribution in [2.24, 2.45) is 0 Å². The summed E-state index contributed by atoms with van der Waals surface area (Å²) < 4.78 is 0. The number of hydrogen-bond acceptors (Lipinski definition) is 7. The monoisotopic (exact) mass is 316 g/mol. The fraction of sp³-hybridized carbons (Fsp3) is 0.214. The molecule has 2 aromatic rings. The second-order valence-corrected chi connectivity index (χ2v) is 4.66. The smallest absolute Gasteiger partial charge is 0.329 e. The molecule has 120 valence electrons. The van der Waals surface area contributed by atoms with Crippen molar-refractivity contribution in [2.75, 3.05) is 17.6 Å². The minimum atomic E-state index is -0.657. The van der Waals surface area contributed by atoms with Gasteiger partial charge in [0.05, 0.1) is 4.92 Å². The molecule has 0 aliphatic rings. The number of nitro groups is 1. The van der Waals surface area contributed by atoms with Gasteiger partial charge in [-0.25, -0.2) is 4.98 Å². The topological polar surface area (TPSA) is 136 Å². The Hall–Kier alpha value is -3.23. The quantitative estimate of drug-likeness (QED) is 0.513. The molecule has 0 bridgehead atoms. The molecule has 2 rings (SSSR count). The lowest BCUT2D eigenvalue weighted by Crippen LogP contribution is -2.25. The zero-order chi connectivity index (χ0) is 16.7. The first-order valence-corrected chi connectivity index (χ1v) is 6.87. The van der Waals surface area contributed by atoms with Gasteiger partial charge in [-0.05, 0) is 5.56 Å². The number of carbonyl (C=O) groups is 1. The van der Waals surface area contributed by atoms with Gasteiger partial charge in [0.2, 0.25) is 17.7 Å². The van der Waals surface area contributed by atoms with E-state index in [0.717, 1.165) is 11.8 Å². The van der Waals surface area contributed by atoms with Crippen LogP contribution >= 0.6 is 0 Å². The highest BCUT2D eigenvalue weighted by Gasteiger charge is 2.14. The first kappa shape index (κ1) is 16.1. The Morgan fingerprint density at radius 1 is 1.30 bits per heavy atom. The summed E-state index contributed by atoms with van der Waals surface area (Å²) >= 11 is 0. The number of nitrogens with zero attached hydrogens (tertiary/aromatic N) is 3. The van der Waals surface area contributed by atoms with E-state index >= 15 is 0 Å². The van der Waals surface area contributed by atoms with Crippen LogP contribution in [0.4, 0.5) is 17.5 Å². The third-order valence-corrected chi connectivity index (χ3v) is 2.96. The summed E-state index contributed by atoms with van der Waals surface area (Å²) in [5.41, 5.74) is 6.12. The van der Waals surface area contributed by atoms with Gasteiger partial charge in [-0.2, -0.15) is 4.98 Å². The number of hydrogen-bond donors (Lipinski definition) is 3. The summed E-state index contributed by atoms with van der Waals surface area (Å²) in [5, 5.41) is 16.2. The largest absolute Gasteiger partial charge is 0.378 e. The van der Waals surface area contributed by atoms with Crippen molar-refractivity contribution in [1.29, 1.82) is 0 Å². The number of benzene rings is 1. The number of carbonyl (C=O) groups excluding carboxylic acids is 1. The van der Waals surface area contributed by atoms with Crippen molar-refractivity contribution >= 4 is 23.4 Å². The van der Waals surface area contributed by atoms with Crippen LogP contribution in [0.25, 0.3) is 0 Å². The molecular weight excluding hydrogens is 300 g/mol. The number of aromatic nitrogens is 2. The van der Waals surface area contributed by atoms with Crippen LogP contribution in [0.1, 0.15) is 12.0 Å².